The summed E-state index contributed by atoms with van der Waals surface area (Å²) in [5.74, 6) is -0.221. The van der Waals surface area contributed by atoms with Crippen molar-refractivity contribution in [1.29, 1.82) is 0 Å². The lowest BCUT2D eigenvalue weighted by Gasteiger charge is -2.29. The van der Waals surface area contributed by atoms with Crippen LogP contribution in [0.1, 0.15) is 35.3 Å². The lowest BCUT2D eigenvalue weighted by molar-refractivity contribution is 0.0523. The molecule has 1 aliphatic heterocycles. The molecule has 1 aromatic rings. The molecule has 3 heteroatoms. The topological polar surface area (TPSA) is 38.3 Å². The van der Waals surface area contributed by atoms with Crippen molar-refractivity contribution in [2.24, 2.45) is 0 Å². The van der Waals surface area contributed by atoms with Crippen LogP contribution in [0, 0.1) is 0 Å². The van der Waals surface area contributed by atoms with E-state index in [0.29, 0.717) is 18.2 Å². The molecule has 80 valence electrons. The molecule has 1 aromatic carbocycles. The van der Waals surface area contributed by atoms with Gasteiger partial charge >= 0.3 is 5.97 Å². The molecule has 1 heterocycles. The SMILES string of the molecule is CCOC(=O)c1ccccc1C1CCN1. The van der Waals surface area contributed by atoms with E-state index in [4.69, 9.17) is 4.74 Å². The molecule has 1 aliphatic rings. The maximum absolute atomic E-state index is 11.7. The molecule has 0 saturated carbocycles. The number of benzene rings is 1. The fourth-order valence-corrected chi connectivity index (χ4v) is 1.75. The molecule has 0 aromatic heterocycles. The van der Waals surface area contributed by atoms with Crippen molar-refractivity contribution < 1.29 is 9.53 Å². The molecule has 0 bridgehead atoms. The Hall–Kier alpha value is -1.35. The predicted molar refractivity (Wildman–Crippen MR) is 57.8 cm³/mol. The van der Waals surface area contributed by atoms with Gasteiger partial charge in [0.05, 0.1) is 12.2 Å². The lowest BCUT2D eigenvalue weighted by Crippen LogP contribution is -2.36. The van der Waals surface area contributed by atoms with Gasteiger partial charge in [0.1, 0.15) is 0 Å². The fraction of sp³-hybridized carbons (Fsp3) is 0.417. The molecule has 1 unspecified atom stereocenters. The minimum atomic E-state index is -0.221. The van der Waals surface area contributed by atoms with Gasteiger partial charge in [0.15, 0.2) is 0 Å². The van der Waals surface area contributed by atoms with Crippen LogP contribution in [0.25, 0.3) is 0 Å². The first-order chi connectivity index (χ1) is 7.33. The Bertz CT molecular complexity index is 358. The summed E-state index contributed by atoms with van der Waals surface area (Å²) in [6, 6.07) is 7.97. The highest BCUT2D eigenvalue weighted by Gasteiger charge is 2.23. The largest absolute Gasteiger partial charge is 0.462 e. The lowest BCUT2D eigenvalue weighted by atomic mass is 9.93. The summed E-state index contributed by atoms with van der Waals surface area (Å²) >= 11 is 0. The third-order valence-corrected chi connectivity index (χ3v) is 2.66. The van der Waals surface area contributed by atoms with Crippen LogP contribution in [0.2, 0.25) is 0 Å². The summed E-state index contributed by atoms with van der Waals surface area (Å²) in [5, 5.41) is 3.29. The predicted octanol–water partition coefficient (Wildman–Crippen LogP) is 1.90. The molecule has 1 saturated heterocycles. The number of carbonyl (C=O) groups excluding carboxylic acids is 1. The average molecular weight is 205 g/mol. The molecule has 15 heavy (non-hydrogen) atoms. The van der Waals surface area contributed by atoms with E-state index in [1.54, 1.807) is 0 Å². The first kappa shape index (κ1) is 10.2. The van der Waals surface area contributed by atoms with E-state index in [1.165, 1.54) is 0 Å². The Kier molecular flexibility index (Phi) is 3.02. The van der Waals surface area contributed by atoms with E-state index >= 15 is 0 Å². The quantitative estimate of drug-likeness (QED) is 0.766. The van der Waals surface area contributed by atoms with Crippen molar-refractivity contribution in [1.82, 2.24) is 5.32 Å². The molecule has 2 rings (SSSR count). The Morgan fingerprint density at radius 2 is 2.27 bits per heavy atom. The summed E-state index contributed by atoms with van der Waals surface area (Å²) in [6.07, 6.45) is 1.09. The Labute approximate surface area is 89.4 Å². The second-order valence-corrected chi connectivity index (χ2v) is 3.60. The average Bonchev–Trinajstić information content (AvgIpc) is 2.16. The Morgan fingerprint density at radius 3 is 2.87 bits per heavy atom. The third kappa shape index (κ3) is 2.02. The minimum absolute atomic E-state index is 0.221. The van der Waals surface area contributed by atoms with Gasteiger partial charge in [-0.25, -0.2) is 4.79 Å². The fourth-order valence-electron chi connectivity index (χ4n) is 1.75. The monoisotopic (exact) mass is 205 g/mol. The maximum Gasteiger partial charge on any atom is 0.338 e. The van der Waals surface area contributed by atoms with Gasteiger partial charge in [-0.1, -0.05) is 18.2 Å². The summed E-state index contributed by atoms with van der Waals surface area (Å²) < 4.78 is 5.02. The number of hydrogen-bond acceptors (Lipinski definition) is 3. The first-order valence-electron chi connectivity index (χ1n) is 5.32. The number of nitrogens with one attached hydrogen (secondary N) is 1. The number of carbonyl (C=O) groups is 1. The molecule has 1 N–H and O–H groups in total. The summed E-state index contributed by atoms with van der Waals surface area (Å²) in [6.45, 7) is 3.27. The highest BCUT2D eigenvalue weighted by molar-refractivity contribution is 5.91. The van der Waals surface area contributed by atoms with Crippen LogP contribution in [-0.2, 0) is 4.74 Å². The molecule has 1 atom stereocenters. The van der Waals surface area contributed by atoms with Crippen molar-refractivity contribution in [2.75, 3.05) is 13.2 Å². The van der Waals surface area contributed by atoms with Crippen LogP contribution >= 0.6 is 0 Å². The van der Waals surface area contributed by atoms with Gasteiger partial charge < -0.3 is 10.1 Å². The van der Waals surface area contributed by atoms with Gasteiger partial charge in [-0.2, -0.15) is 0 Å². The van der Waals surface area contributed by atoms with Crippen LogP contribution in [0.5, 0.6) is 0 Å². The van der Waals surface area contributed by atoms with Crippen molar-refractivity contribution in [3.8, 4) is 0 Å². The highest BCUT2D eigenvalue weighted by atomic mass is 16.5. The molecule has 0 radical (unpaired) electrons. The Balaban J connectivity index is 2.24. The standard InChI is InChI=1S/C12H15NO2/c1-2-15-12(14)10-6-4-3-5-9(10)11-7-8-13-11/h3-6,11,13H,2,7-8H2,1H3. The van der Waals surface area contributed by atoms with Gasteiger partial charge in [-0.3, -0.25) is 0 Å². The second-order valence-electron chi connectivity index (χ2n) is 3.60. The molecule has 0 amide bonds. The van der Waals surface area contributed by atoms with Crippen molar-refractivity contribution in [2.45, 2.75) is 19.4 Å². The highest BCUT2D eigenvalue weighted by Crippen LogP contribution is 2.26. The van der Waals surface area contributed by atoms with E-state index in [2.05, 4.69) is 5.32 Å². The molecule has 0 spiro atoms. The van der Waals surface area contributed by atoms with Gasteiger partial charge in [0, 0.05) is 6.04 Å². The van der Waals surface area contributed by atoms with E-state index in [0.717, 1.165) is 18.5 Å². The zero-order chi connectivity index (χ0) is 10.7. The molecule has 1 fully saturated rings. The van der Waals surface area contributed by atoms with Crippen molar-refractivity contribution in [3.63, 3.8) is 0 Å². The normalized spacial score (nSPS) is 19.4. The van der Waals surface area contributed by atoms with Gasteiger partial charge in [0.2, 0.25) is 0 Å². The van der Waals surface area contributed by atoms with Crippen molar-refractivity contribution in [3.05, 3.63) is 35.4 Å². The van der Waals surface area contributed by atoms with Gasteiger partial charge in [0.25, 0.3) is 0 Å². The molecule has 0 aliphatic carbocycles. The van der Waals surface area contributed by atoms with Crippen LogP contribution in [0.15, 0.2) is 24.3 Å². The van der Waals surface area contributed by atoms with Crippen LogP contribution in [-0.4, -0.2) is 19.1 Å². The smallest absolute Gasteiger partial charge is 0.338 e. The van der Waals surface area contributed by atoms with Gasteiger partial charge in [-0.05, 0) is 31.5 Å². The molecular weight excluding hydrogens is 190 g/mol. The minimum Gasteiger partial charge on any atom is -0.462 e. The van der Waals surface area contributed by atoms with Crippen molar-refractivity contribution >= 4 is 5.97 Å². The number of hydrogen-bond donors (Lipinski definition) is 1. The summed E-state index contributed by atoms with van der Waals surface area (Å²) in [7, 11) is 0. The van der Waals surface area contributed by atoms with Crippen LogP contribution < -0.4 is 5.32 Å². The summed E-state index contributed by atoms with van der Waals surface area (Å²) in [5.41, 5.74) is 1.75. The number of ether oxygens (including phenoxy) is 1. The van der Waals surface area contributed by atoms with E-state index in [-0.39, 0.29) is 5.97 Å². The maximum atomic E-state index is 11.7. The van der Waals surface area contributed by atoms with E-state index in [1.807, 2.05) is 31.2 Å². The van der Waals surface area contributed by atoms with E-state index < -0.39 is 0 Å². The number of rotatable bonds is 3. The second kappa shape index (κ2) is 4.45. The molecular formula is C12H15NO2. The van der Waals surface area contributed by atoms with Crippen LogP contribution in [0.4, 0.5) is 0 Å². The zero-order valence-electron chi connectivity index (χ0n) is 8.82. The van der Waals surface area contributed by atoms with E-state index in [9.17, 15) is 4.79 Å². The zero-order valence-corrected chi connectivity index (χ0v) is 8.82. The third-order valence-electron chi connectivity index (χ3n) is 2.66. The van der Waals surface area contributed by atoms with Crippen LogP contribution in [0.3, 0.4) is 0 Å². The number of esters is 1. The summed E-state index contributed by atoms with van der Waals surface area (Å²) in [4.78, 5) is 11.7. The first-order valence-corrected chi connectivity index (χ1v) is 5.32. The Morgan fingerprint density at radius 1 is 1.53 bits per heavy atom. The van der Waals surface area contributed by atoms with Gasteiger partial charge in [-0.15, -0.1) is 0 Å². The molecule has 3 nitrogen and oxygen atoms in total.